The summed E-state index contributed by atoms with van der Waals surface area (Å²) in [7, 11) is -9.83. The van der Waals surface area contributed by atoms with Crippen LogP contribution < -0.4 is 0 Å². The highest BCUT2D eigenvalue weighted by molar-refractivity contribution is 7.47. The lowest BCUT2D eigenvalue weighted by molar-refractivity contribution is -0.161. The van der Waals surface area contributed by atoms with Gasteiger partial charge in [0.25, 0.3) is 0 Å². The second-order valence-electron chi connectivity index (χ2n) is 31.8. The van der Waals surface area contributed by atoms with Gasteiger partial charge in [0.2, 0.25) is 0 Å². The van der Waals surface area contributed by atoms with Gasteiger partial charge >= 0.3 is 33.6 Å². The van der Waals surface area contributed by atoms with Crippen molar-refractivity contribution in [2.75, 3.05) is 39.6 Å². The van der Waals surface area contributed by atoms with Gasteiger partial charge in [-0.05, 0) is 161 Å². The van der Waals surface area contributed by atoms with Gasteiger partial charge in [0, 0.05) is 19.3 Å². The predicted molar refractivity (Wildman–Crippen MR) is 509 cm³/mol. The van der Waals surface area contributed by atoms with Gasteiger partial charge in [-0.15, -0.1) is 0 Å². The summed E-state index contributed by atoms with van der Waals surface area (Å²) in [5, 5.41) is 20.7. The number of ether oxygens (including phenoxy) is 3. The molecule has 0 aliphatic carbocycles. The molecule has 0 aliphatic heterocycles. The molecule has 16 nitrogen and oxygen atoms in total. The van der Waals surface area contributed by atoms with Crippen LogP contribution in [0.1, 0.15) is 393 Å². The lowest BCUT2D eigenvalue weighted by atomic mass is 10.0. The molecule has 0 radical (unpaired) electrons. The van der Waals surface area contributed by atoms with Gasteiger partial charge < -0.3 is 34.2 Å². The summed E-state index contributed by atoms with van der Waals surface area (Å²) in [6, 6.07) is 0. The fourth-order valence-corrected chi connectivity index (χ4v) is 14.5. The Morgan fingerprint density at radius 2 is 0.438 bits per heavy atom. The fraction of sp³-hybridized carbons (Fsp3) is 0.680. The van der Waals surface area contributed by atoms with E-state index in [1.54, 1.807) is 0 Å². The molecule has 0 fully saturated rings. The van der Waals surface area contributed by atoms with Crippen LogP contribution in [0.15, 0.2) is 182 Å². The van der Waals surface area contributed by atoms with Crippen LogP contribution >= 0.6 is 15.6 Å². The molecule has 0 spiro atoms. The zero-order chi connectivity index (χ0) is 87.9. The Morgan fingerprint density at radius 1 is 0.240 bits per heavy atom. The van der Waals surface area contributed by atoms with E-state index >= 15 is 0 Å². The van der Waals surface area contributed by atoms with E-state index in [0.29, 0.717) is 19.3 Å². The molecule has 0 amide bonds. The summed E-state index contributed by atoms with van der Waals surface area (Å²) in [6.07, 6.45) is 124. The number of phosphoric ester groups is 2. The number of hydrogen-bond donors (Lipinski definition) is 4. The van der Waals surface area contributed by atoms with Crippen LogP contribution in [0.3, 0.4) is 0 Å². The largest absolute Gasteiger partial charge is 0.472 e. The third-order valence-electron chi connectivity index (χ3n) is 20.1. The van der Waals surface area contributed by atoms with Crippen molar-refractivity contribution in [3.05, 3.63) is 182 Å². The average Bonchev–Trinajstić information content (AvgIpc) is 0.895. The number of aliphatic hydroxyl groups is 2. The van der Waals surface area contributed by atoms with Gasteiger partial charge in [0.05, 0.1) is 26.4 Å². The first-order valence-electron chi connectivity index (χ1n) is 48.1. The van der Waals surface area contributed by atoms with E-state index in [1.807, 2.05) is 0 Å². The van der Waals surface area contributed by atoms with E-state index in [4.69, 9.17) is 32.3 Å². The molecule has 0 aliphatic rings. The molecule has 0 bridgehead atoms. The molecule has 5 unspecified atom stereocenters. The first kappa shape index (κ1) is 116. The van der Waals surface area contributed by atoms with Crippen molar-refractivity contribution >= 4 is 33.6 Å². The third-order valence-corrected chi connectivity index (χ3v) is 22.0. The first-order chi connectivity index (χ1) is 59.2. The smallest absolute Gasteiger partial charge is 0.463 e. The highest BCUT2D eigenvalue weighted by Gasteiger charge is 2.30. The summed E-state index contributed by atoms with van der Waals surface area (Å²) in [6.45, 7) is 2.43. The zero-order valence-electron chi connectivity index (χ0n) is 76.4. The quantitative estimate of drug-likeness (QED) is 0.0146. The van der Waals surface area contributed by atoms with E-state index in [2.05, 4.69) is 203 Å². The number of carbonyl (C=O) groups excluding carboxylic acids is 3. The minimum absolute atomic E-state index is 0.0618. The predicted octanol–water partition coefficient (Wildman–Crippen LogP) is 30.0. The van der Waals surface area contributed by atoms with Crippen molar-refractivity contribution < 1.29 is 75.8 Å². The van der Waals surface area contributed by atoms with Gasteiger partial charge in [-0.2, -0.15) is 0 Å². The maximum Gasteiger partial charge on any atom is 0.472 e. The topological polar surface area (TPSA) is 231 Å². The fourth-order valence-electron chi connectivity index (χ4n) is 12.9. The summed E-state index contributed by atoms with van der Waals surface area (Å²) in [4.78, 5) is 59.0. The van der Waals surface area contributed by atoms with E-state index in [9.17, 15) is 43.5 Å². The molecular formula is C103H174O16P2. The van der Waals surface area contributed by atoms with Crippen LogP contribution in [-0.2, 0) is 55.8 Å². The first-order valence-corrected chi connectivity index (χ1v) is 51.1. The van der Waals surface area contributed by atoms with Crippen molar-refractivity contribution in [3.8, 4) is 0 Å². The van der Waals surface area contributed by atoms with Crippen molar-refractivity contribution in [1.29, 1.82) is 0 Å². The standard InChI is InChI=1S/C103H174O16P2/c1-4-7-10-13-16-19-22-25-28-31-34-36-38-40-42-44-46-47-48-49-51-53-54-56-58-60-63-65-68-71-74-77-80-83-86-89-101(106)113-92-98(104)93-115-120(109,110)116-94-99(105)95-117-121(111,112)118-97-100(119-103(108)91-88-85-82-79-76-73-70-67-62-33-30-27-24-21-18-15-12-9-6-3)96-114-102(107)90-87-84-81-78-75-72-69-66-64-61-59-57-55-52-50-45-43-41-39-37-35-32-29-26-23-20-17-14-11-8-5-2/h7,9-10,12,16-21,25-30,34-37,40-43,46-47,62,67,73,76,98-100,104-105H,4-6,8,11,13-15,22-24,31-33,38-39,44-45,48-61,63-66,68-72,74-75,77-97H2,1-3H3,(H,109,110)(H,111,112)/b10-7-,12-9-,19-16-,20-17-,21-18-,28-25-,29-26-,30-27-,36-34-,37-35-,42-40-,43-41-,47-46-,67-62-,76-73-. The number of carbonyl (C=O) groups is 3. The third kappa shape index (κ3) is 95.2. The second kappa shape index (κ2) is 93.8. The Balaban J connectivity index is 4.52. The molecule has 5 atom stereocenters. The molecule has 0 saturated heterocycles. The van der Waals surface area contributed by atoms with Gasteiger partial charge in [-0.25, -0.2) is 9.13 Å². The molecule has 121 heavy (non-hydrogen) atoms. The van der Waals surface area contributed by atoms with E-state index in [-0.39, 0.29) is 19.3 Å². The van der Waals surface area contributed by atoms with Crippen molar-refractivity contribution in [3.63, 3.8) is 0 Å². The van der Waals surface area contributed by atoms with Crippen LogP contribution in [0.4, 0.5) is 0 Å². The number of phosphoric acid groups is 2. The summed E-state index contributed by atoms with van der Waals surface area (Å²) < 4.78 is 61.5. The summed E-state index contributed by atoms with van der Waals surface area (Å²) in [5.74, 6) is -1.61. The van der Waals surface area contributed by atoms with Crippen molar-refractivity contribution in [1.82, 2.24) is 0 Å². The molecule has 0 rings (SSSR count). The molecule has 0 aromatic heterocycles. The highest BCUT2D eigenvalue weighted by atomic mass is 31.2. The summed E-state index contributed by atoms with van der Waals surface area (Å²) in [5.41, 5.74) is 0. The van der Waals surface area contributed by atoms with E-state index in [0.717, 1.165) is 154 Å². The van der Waals surface area contributed by atoms with Crippen LogP contribution in [-0.4, -0.2) is 95.9 Å². The van der Waals surface area contributed by atoms with Gasteiger partial charge in [0.15, 0.2) is 6.10 Å². The number of hydrogen-bond acceptors (Lipinski definition) is 14. The van der Waals surface area contributed by atoms with E-state index in [1.165, 1.54) is 180 Å². The summed E-state index contributed by atoms with van der Waals surface area (Å²) >= 11 is 0. The van der Waals surface area contributed by atoms with E-state index < -0.39 is 91.5 Å². The average molecular weight is 1730 g/mol. The van der Waals surface area contributed by atoms with Gasteiger partial charge in [-0.3, -0.25) is 32.5 Å². The molecule has 0 aromatic carbocycles. The minimum Gasteiger partial charge on any atom is -0.463 e. The Bertz CT molecular complexity index is 2930. The van der Waals surface area contributed by atoms with Crippen molar-refractivity contribution in [2.24, 2.45) is 0 Å². The number of rotatable bonds is 90. The minimum atomic E-state index is -4.95. The molecule has 4 N–H and O–H groups in total. The maximum absolute atomic E-state index is 13.1. The number of unbranched alkanes of at least 4 members (excludes halogenated alkanes) is 37. The Morgan fingerprint density at radius 3 is 0.702 bits per heavy atom. The Hall–Kier alpha value is -5.35. The zero-order valence-corrected chi connectivity index (χ0v) is 78.2. The van der Waals surface area contributed by atoms with Crippen LogP contribution in [0.5, 0.6) is 0 Å². The van der Waals surface area contributed by atoms with Gasteiger partial charge in [-0.1, -0.05) is 396 Å². The van der Waals surface area contributed by atoms with Crippen LogP contribution in [0.2, 0.25) is 0 Å². The molecule has 0 saturated carbocycles. The second-order valence-corrected chi connectivity index (χ2v) is 34.7. The van der Waals surface area contributed by atoms with Crippen LogP contribution in [0, 0.1) is 0 Å². The molecule has 692 valence electrons. The normalized spacial score (nSPS) is 14.5. The SMILES string of the molecule is CC/C=C\C/C=C\C/C=C\C/C=C\C/C=C\C/C=C\CCCCCCCCCCCCCCCCCCC(=O)OCC(O)COP(=O)(O)OCC(O)COP(=O)(O)OCC(COC(=O)CCCCCCCCCCCCCCCCC/C=C\C/C=C\C/C=C\C/C=C\CCCCC)OC(=O)CCCCC/C=C\C/C=C\C/C=C\C/C=C\C/C=C\CC. The Labute approximate surface area is 738 Å². The Kier molecular flexibility index (Phi) is 89.6. The number of esters is 3. The lowest BCUT2D eigenvalue weighted by Gasteiger charge is -2.21. The maximum atomic E-state index is 13.1. The molecule has 0 heterocycles. The van der Waals surface area contributed by atoms with Gasteiger partial charge in [0.1, 0.15) is 25.4 Å². The van der Waals surface area contributed by atoms with Crippen LogP contribution in [0.25, 0.3) is 0 Å². The highest BCUT2D eigenvalue weighted by Crippen LogP contribution is 2.45. The molecule has 0 aromatic rings. The number of allylic oxidation sites excluding steroid dienone is 30. The molecular weight excluding hydrogens is 1560 g/mol. The number of aliphatic hydroxyl groups excluding tert-OH is 2. The monoisotopic (exact) mass is 1730 g/mol. The molecule has 18 heteroatoms. The van der Waals surface area contributed by atoms with Crippen molar-refractivity contribution in [2.45, 2.75) is 411 Å². The lowest BCUT2D eigenvalue weighted by Crippen LogP contribution is -2.30.